The molecule has 0 saturated carbocycles. The molecule has 1 aromatic carbocycles. The molecular formula is C20H23N3O4. The van der Waals surface area contributed by atoms with Crippen molar-refractivity contribution in [3.63, 3.8) is 0 Å². The highest BCUT2D eigenvalue weighted by molar-refractivity contribution is 5.97. The average Bonchev–Trinajstić information content (AvgIpc) is 2.63. The van der Waals surface area contributed by atoms with Crippen LogP contribution in [-0.4, -0.2) is 61.2 Å². The van der Waals surface area contributed by atoms with Crippen LogP contribution in [0.2, 0.25) is 0 Å². The second kappa shape index (κ2) is 7.54. The van der Waals surface area contributed by atoms with Crippen molar-refractivity contribution in [1.82, 2.24) is 15.1 Å². The lowest BCUT2D eigenvalue weighted by Gasteiger charge is -2.41. The van der Waals surface area contributed by atoms with E-state index in [1.807, 2.05) is 42.3 Å². The number of morpholine rings is 1. The molecule has 0 aromatic heterocycles. The van der Waals surface area contributed by atoms with Crippen LogP contribution >= 0.6 is 0 Å². The van der Waals surface area contributed by atoms with Gasteiger partial charge in [0.25, 0.3) is 5.91 Å². The summed E-state index contributed by atoms with van der Waals surface area (Å²) in [4.78, 5) is 27.9. The predicted octanol–water partition coefficient (Wildman–Crippen LogP) is 0.847. The molecule has 2 fully saturated rings. The Morgan fingerprint density at radius 3 is 2.85 bits per heavy atom. The first kappa shape index (κ1) is 17.8. The number of likely N-dealkylation sites (N-methyl/N-ethyl adjacent to an activating group) is 1. The van der Waals surface area contributed by atoms with Gasteiger partial charge in [0, 0.05) is 32.3 Å². The summed E-state index contributed by atoms with van der Waals surface area (Å²) in [5, 5.41) is 2.78. The van der Waals surface area contributed by atoms with Crippen LogP contribution in [0, 0.1) is 5.92 Å². The lowest BCUT2D eigenvalue weighted by molar-refractivity contribution is -0.137. The minimum absolute atomic E-state index is 0.0280. The SMILES string of the molecule is CN1C=C(C(=O)N2CC(COCc3ccccc3)C2)C=C2NC(=O)COC21. The highest BCUT2D eigenvalue weighted by atomic mass is 16.5. The number of fused-ring (bicyclic) bond motifs is 1. The summed E-state index contributed by atoms with van der Waals surface area (Å²) in [6.45, 7) is 2.63. The van der Waals surface area contributed by atoms with Crippen LogP contribution in [0.1, 0.15) is 5.56 Å². The van der Waals surface area contributed by atoms with Crippen LogP contribution in [0.5, 0.6) is 0 Å². The molecule has 7 nitrogen and oxygen atoms in total. The summed E-state index contributed by atoms with van der Waals surface area (Å²) in [6, 6.07) is 10.1. The van der Waals surface area contributed by atoms with Gasteiger partial charge in [0.1, 0.15) is 6.61 Å². The standard InChI is InChI=1S/C20H23N3O4/c1-22-10-16(7-17-20(22)27-13-18(24)21-17)19(25)23-8-15(9-23)12-26-11-14-5-3-2-4-6-14/h2-7,10,15,20H,8-9,11-13H2,1H3,(H,21,24). The molecule has 0 bridgehead atoms. The maximum Gasteiger partial charge on any atom is 0.255 e. The fraction of sp³-hybridized carbons (Fsp3) is 0.400. The first-order chi connectivity index (χ1) is 13.1. The topological polar surface area (TPSA) is 71.1 Å². The van der Waals surface area contributed by atoms with Gasteiger partial charge in [-0.1, -0.05) is 30.3 Å². The van der Waals surface area contributed by atoms with Crippen LogP contribution in [0.4, 0.5) is 0 Å². The quantitative estimate of drug-likeness (QED) is 0.833. The molecule has 1 N–H and O–H groups in total. The number of nitrogens with zero attached hydrogens (tertiary/aromatic N) is 2. The Morgan fingerprint density at radius 1 is 1.30 bits per heavy atom. The number of amides is 2. The minimum Gasteiger partial charge on any atom is -0.376 e. The van der Waals surface area contributed by atoms with Crippen molar-refractivity contribution in [1.29, 1.82) is 0 Å². The molecule has 0 radical (unpaired) electrons. The number of carbonyl (C=O) groups is 2. The number of hydrogen-bond donors (Lipinski definition) is 1. The van der Waals surface area contributed by atoms with E-state index in [4.69, 9.17) is 9.47 Å². The molecule has 1 aromatic rings. The van der Waals surface area contributed by atoms with Gasteiger partial charge in [-0.25, -0.2) is 0 Å². The van der Waals surface area contributed by atoms with Crippen LogP contribution in [-0.2, 0) is 25.7 Å². The molecule has 0 aliphatic carbocycles. The van der Waals surface area contributed by atoms with Crippen molar-refractivity contribution in [3.05, 3.63) is 59.4 Å². The molecule has 2 amide bonds. The zero-order valence-corrected chi connectivity index (χ0v) is 15.3. The van der Waals surface area contributed by atoms with Gasteiger partial charge in [0.2, 0.25) is 5.91 Å². The fourth-order valence-electron chi connectivity index (χ4n) is 3.50. The van der Waals surface area contributed by atoms with Crippen molar-refractivity contribution in [2.24, 2.45) is 5.92 Å². The average molecular weight is 369 g/mol. The van der Waals surface area contributed by atoms with Crippen LogP contribution in [0.25, 0.3) is 0 Å². The van der Waals surface area contributed by atoms with E-state index < -0.39 is 0 Å². The van der Waals surface area contributed by atoms with Gasteiger partial charge >= 0.3 is 0 Å². The Bertz CT molecular complexity index is 784. The predicted molar refractivity (Wildman–Crippen MR) is 98.0 cm³/mol. The number of rotatable bonds is 5. The van der Waals surface area contributed by atoms with Crippen LogP contribution in [0.15, 0.2) is 53.9 Å². The lowest BCUT2D eigenvalue weighted by Crippen LogP contribution is -2.53. The Labute approximate surface area is 158 Å². The van der Waals surface area contributed by atoms with Gasteiger partial charge in [-0.15, -0.1) is 0 Å². The summed E-state index contributed by atoms with van der Waals surface area (Å²) < 4.78 is 11.3. The minimum atomic E-state index is -0.338. The van der Waals surface area contributed by atoms with E-state index in [1.165, 1.54) is 0 Å². The van der Waals surface area contributed by atoms with Gasteiger partial charge in [-0.05, 0) is 11.6 Å². The molecular weight excluding hydrogens is 346 g/mol. The van der Waals surface area contributed by atoms with Crippen molar-refractivity contribution >= 4 is 11.8 Å². The zero-order valence-electron chi connectivity index (χ0n) is 15.3. The second-order valence-electron chi connectivity index (χ2n) is 7.14. The van der Waals surface area contributed by atoms with Gasteiger partial charge in [-0.2, -0.15) is 0 Å². The first-order valence-corrected chi connectivity index (χ1v) is 9.08. The van der Waals surface area contributed by atoms with E-state index in [9.17, 15) is 9.59 Å². The van der Waals surface area contributed by atoms with Gasteiger partial charge in [0.15, 0.2) is 6.23 Å². The molecule has 1 unspecified atom stereocenters. The smallest absolute Gasteiger partial charge is 0.255 e. The monoisotopic (exact) mass is 369 g/mol. The van der Waals surface area contributed by atoms with Crippen molar-refractivity contribution < 1.29 is 19.1 Å². The van der Waals surface area contributed by atoms with E-state index in [1.54, 1.807) is 17.2 Å². The molecule has 2 saturated heterocycles. The fourth-order valence-corrected chi connectivity index (χ4v) is 3.50. The zero-order chi connectivity index (χ0) is 18.8. The third-order valence-electron chi connectivity index (χ3n) is 4.90. The number of likely N-dealkylation sites (tertiary alicyclic amines) is 1. The Morgan fingerprint density at radius 2 is 2.07 bits per heavy atom. The lowest BCUT2D eigenvalue weighted by atomic mass is 9.99. The van der Waals surface area contributed by atoms with Gasteiger partial charge in [0.05, 0.1) is 24.5 Å². The highest BCUT2D eigenvalue weighted by Crippen LogP contribution is 2.25. The van der Waals surface area contributed by atoms with Crippen LogP contribution < -0.4 is 5.32 Å². The summed E-state index contributed by atoms with van der Waals surface area (Å²) in [5.41, 5.74) is 2.32. The van der Waals surface area contributed by atoms with Crippen molar-refractivity contribution in [2.75, 3.05) is 33.4 Å². The van der Waals surface area contributed by atoms with E-state index in [0.29, 0.717) is 43.5 Å². The molecule has 27 heavy (non-hydrogen) atoms. The number of carbonyl (C=O) groups excluding carboxylic acids is 2. The van der Waals surface area contributed by atoms with E-state index >= 15 is 0 Å². The summed E-state index contributed by atoms with van der Waals surface area (Å²) in [6.07, 6.45) is 3.14. The molecule has 3 aliphatic rings. The molecule has 3 aliphatic heterocycles. The number of ether oxygens (including phenoxy) is 2. The third kappa shape index (κ3) is 3.89. The number of hydrogen-bond acceptors (Lipinski definition) is 5. The van der Waals surface area contributed by atoms with E-state index in [2.05, 4.69) is 5.32 Å². The van der Waals surface area contributed by atoms with Crippen LogP contribution in [0.3, 0.4) is 0 Å². The highest BCUT2D eigenvalue weighted by Gasteiger charge is 2.35. The molecule has 1 atom stereocenters. The first-order valence-electron chi connectivity index (χ1n) is 9.08. The molecule has 142 valence electrons. The van der Waals surface area contributed by atoms with Crippen molar-refractivity contribution in [3.8, 4) is 0 Å². The maximum absolute atomic E-state index is 12.7. The maximum atomic E-state index is 12.7. The molecule has 0 spiro atoms. The second-order valence-corrected chi connectivity index (χ2v) is 7.14. The molecule has 3 heterocycles. The summed E-state index contributed by atoms with van der Waals surface area (Å²) in [5.74, 6) is 0.129. The Hall–Kier alpha value is -2.64. The largest absolute Gasteiger partial charge is 0.376 e. The van der Waals surface area contributed by atoms with Crippen molar-refractivity contribution in [2.45, 2.75) is 12.8 Å². The van der Waals surface area contributed by atoms with E-state index in [0.717, 1.165) is 5.56 Å². The molecule has 4 rings (SSSR count). The number of nitrogens with one attached hydrogen (secondary N) is 1. The normalized spacial score (nSPS) is 22.4. The Kier molecular flexibility index (Phi) is 4.96. The van der Waals surface area contributed by atoms with E-state index in [-0.39, 0.29) is 24.6 Å². The number of benzene rings is 1. The summed E-state index contributed by atoms with van der Waals surface area (Å²) in [7, 11) is 1.83. The molecule has 7 heteroatoms. The Balaban J connectivity index is 1.27. The summed E-state index contributed by atoms with van der Waals surface area (Å²) >= 11 is 0. The third-order valence-corrected chi connectivity index (χ3v) is 4.90. The van der Waals surface area contributed by atoms with Gasteiger partial charge in [-0.3, -0.25) is 9.59 Å². The van der Waals surface area contributed by atoms with Gasteiger partial charge < -0.3 is 24.6 Å².